The van der Waals surface area contributed by atoms with Gasteiger partial charge in [-0.1, -0.05) is 62.9 Å². The minimum atomic E-state index is 0.644. The van der Waals surface area contributed by atoms with E-state index in [4.69, 9.17) is 0 Å². The van der Waals surface area contributed by atoms with Crippen LogP contribution in [0.3, 0.4) is 0 Å². The zero-order valence-electron chi connectivity index (χ0n) is 11.3. The lowest BCUT2D eigenvalue weighted by Crippen LogP contribution is -2.15. The van der Waals surface area contributed by atoms with Crippen molar-refractivity contribution in [2.24, 2.45) is 5.41 Å². The van der Waals surface area contributed by atoms with Gasteiger partial charge in [-0.2, -0.15) is 0 Å². The molecule has 0 atom stereocenters. The lowest BCUT2D eigenvalue weighted by molar-refractivity contribution is 0.248. The number of hydrogen-bond donors (Lipinski definition) is 0. The van der Waals surface area contributed by atoms with E-state index in [-0.39, 0.29) is 0 Å². The van der Waals surface area contributed by atoms with Gasteiger partial charge in [0.25, 0.3) is 0 Å². The molecule has 1 aliphatic carbocycles. The Bertz CT molecular complexity index is 304. The molecular formula is C17H26. The maximum Gasteiger partial charge on any atom is -0.0279 e. The van der Waals surface area contributed by atoms with Gasteiger partial charge < -0.3 is 0 Å². The second-order valence-corrected chi connectivity index (χ2v) is 6.06. The van der Waals surface area contributed by atoms with Crippen molar-refractivity contribution in [3.05, 3.63) is 35.9 Å². The second-order valence-electron chi connectivity index (χ2n) is 6.06. The van der Waals surface area contributed by atoms with E-state index in [2.05, 4.69) is 37.3 Å². The van der Waals surface area contributed by atoms with E-state index in [0.29, 0.717) is 5.41 Å². The van der Waals surface area contributed by atoms with Crippen molar-refractivity contribution in [3.63, 3.8) is 0 Å². The van der Waals surface area contributed by atoms with Crippen LogP contribution in [0.15, 0.2) is 30.3 Å². The Morgan fingerprint density at radius 3 is 2.24 bits per heavy atom. The molecular weight excluding hydrogens is 204 g/mol. The average Bonchev–Trinajstić information content (AvgIpc) is 2.56. The number of aryl methyl sites for hydroxylation is 1. The summed E-state index contributed by atoms with van der Waals surface area (Å²) in [4.78, 5) is 0. The first-order valence-electron chi connectivity index (χ1n) is 7.32. The van der Waals surface area contributed by atoms with Crippen molar-refractivity contribution in [1.82, 2.24) is 0 Å². The van der Waals surface area contributed by atoms with Crippen LogP contribution >= 0.6 is 0 Å². The molecule has 1 aromatic rings. The summed E-state index contributed by atoms with van der Waals surface area (Å²) in [5, 5.41) is 0. The number of benzene rings is 1. The third-order valence-electron chi connectivity index (χ3n) is 4.40. The van der Waals surface area contributed by atoms with Crippen LogP contribution in [-0.2, 0) is 6.42 Å². The van der Waals surface area contributed by atoms with E-state index in [1.165, 1.54) is 63.4 Å². The van der Waals surface area contributed by atoms with Gasteiger partial charge in [0.1, 0.15) is 0 Å². The van der Waals surface area contributed by atoms with Gasteiger partial charge in [-0.05, 0) is 43.1 Å². The number of rotatable bonds is 4. The van der Waals surface area contributed by atoms with Gasteiger partial charge in [-0.3, -0.25) is 0 Å². The molecule has 0 saturated heterocycles. The topological polar surface area (TPSA) is 0 Å². The fourth-order valence-corrected chi connectivity index (χ4v) is 3.20. The highest BCUT2D eigenvalue weighted by Gasteiger charge is 2.24. The molecule has 0 aromatic heterocycles. The van der Waals surface area contributed by atoms with Crippen molar-refractivity contribution in [2.75, 3.05) is 0 Å². The Morgan fingerprint density at radius 2 is 1.59 bits per heavy atom. The summed E-state index contributed by atoms with van der Waals surface area (Å²) in [6.07, 6.45) is 12.8. The largest absolute Gasteiger partial charge is 0.0622 e. The molecule has 0 heterocycles. The van der Waals surface area contributed by atoms with Crippen molar-refractivity contribution in [2.45, 2.75) is 64.7 Å². The lowest BCUT2D eigenvalue weighted by atomic mass is 9.78. The van der Waals surface area contributed by atoms with E-state index in [9.17, 15) is 0 Å². The lowest BCUT2D eigenvalue weighted by Gasteiger charge is -2.28. The van der Waals surface area contributed by atoms with Gasteiger partial charge in [0.15, 0.2) is 0 Å². The first-order chi connectivity index (χ1) is 8.29. The summed E-state index contributed by atoms with van der Waals surface area (Å²) >= 11 is 0. The summed E-state index contributed by atoms with van der Waals surface area (Å²) in [6, 6.07) is 10.9. The van der Waals surface area contributed by atoms with Crippen LogP contribution in [0.2, 0.25) is 0 Å². The van der Waals surface area contributed by atoms with Gasteiger partial charge in [0.2, 0.25) is 0 Å². The molecule has 17 heavy (non-hydrogen) atoms. The summed E-state index contributed by atoms with van der Waals surface area (Å²) in [5.74, 6) is 0. The summed E-state index contributed by atoms with van der Waals surface area (Å²) in [7, 11) is 0. The van der Waals surface area contributed by atoms with Crippen molar-refractivity contribution in [3.8, 4) is 0 Å². The molecule has 0 radical (unpaired) electrons. The molecule has 2 rings (SSSR count). The third kappa shape index (κ3) is 4.18. The summed E-state index contributed by atoms with van der Waals surface area (Å²) in [6.45, 7) is 2.52. The van der Waals surface area contributed by atoms with Crippen LogP contribution in [0.5, 0.6) is 0 Å². The summed E-state index contributed by atoms with van der Waals surface area (Å²) in [5.41, 5.74) is 2.15. The monoisotopic (exact) mass is 230 g/mol. The molecule has 0 amide bonds. The van der Waals surface area contributed by atoms with Crippen LogP contribution in [-0.4, -0.2) is 0 Å². The maximum absolute atomic E-state index is 2.52. The highest BCUT2D eigenvalue weighted by molar-refractivity contribution is 5.14. The standard InChI is InChI=1S/C17H26/c1-17(13-7-2-3-8-14-17)15-9-12-16-10-5-4-6-11-16/h4-6,10-11H,2-3,7-9,12-15H2,1H3. The van der Waals surface area contributed by atoms with Crippen LogP contribution in [0.25, 0.3) is 0 Å². The molecule has 94 valence electrons. The quantitative estimate of drug-likeness (QED) is 0.610. The third-order valence-corrected chi connectivity index (χ3v) is 4.40. The van der Waals surface area contributed by atoms with Crippen LogP contribution < -0.4 is 0 Å². The van der Waals surface area contributed by atoms with Crippen molar-refractivity contribution in [1.29, 1.82) is 0 Å². The predicted octanol–water partition coefficient (Wildman–Crippen LogP) is 5.37. The van der Waals surface area contributed by atoms with E-state index < -0.39 is 0 Å². The molecule has 0 unspecified atom stereocenters. The normalized spacial score (nSPS) is 19.8. The van der Waals surface area contributed by atoms with E-state index in [1.807, 2.05) is 0 Å². The Morgan fingerprint density at radius 1 is 0.941 bits per heavy atom. The Balaban J connectivity index is 1.77. The molecule has 1 aromatic carbocycles. The van der Waals surface area contributed by atoms with Crippen LogP contribution in [0.1, 0.15) is 63.9 Å². The predicted molar refractivity (Wildman–Crippen MR) is 75.2 cm³/mol. The van der Waals surface area contributed by atoms with Crippen LogP contribution in [0.4, 0.5) is 0 Å². The van der Waals surface area contributed by atoms with Gasteiger partial charge in [0.05, 0.1) is 0 Å². The highest BCUT2D eigenvalue weighted by Crippen LogP contribution is 2.38. The zero-order chi connectivity index (χ0) is 12.0. The molecule has 0 heteroatoms. The second kappa shape index (κ2) is 6.23. The Kier molecular flexibility index (Phi) is 4.65. The van der Waals surface area contributed by atoms with Crippen molar-refractivity contribution < 1.29 is 0 Å². The van der Waals surface area contributed by atoms with E-state index >= 15 is 0 Å². The maximum atomic E-state index is 2.52. The first kappa shape index (κ1) is 12.7. The molecule has 1 fully saturated rings. The molecule has 1 aliphatic rings. The van der Waals surface area contributed by atoms with Crippen molar-refractivity contribution >= 4 is 0 Å². The first-order valence-corrected chi connectivity index (χ1v) is 7.32. The SMILES string of the molecule is CC1(CCCc2ccccc2)CCCCCC1. The van der Waals surface area contributed by atoms with Gasteiger partial charge >= 0.3 is 0 Å². The van der Waals surface area contributed by atoms with Gasteiger partial charge in [-0.15, -0.1) is 0 Å². The Labute approximate surface area is 106 Å². The zero-order valence-corrected chi connectivity index (χ0v) is 11.3. The molecule has 1 saturated carbocycles. The smallest absolute Gasteiger partial charge is 0.0279 e. The minimum Gasteiger partial charge on any atom is -0.0622 e. The minimum absolute atomic E-state index is 0.644. The molecule has 0 N–H and O–H groups in total. The van der Waals surface area contributed by atoms with Gasteiger partial charge in [0, 0.05) is 0 Å². The van der Waals surface area contributed by atoms with Crippen LogP contribution in [0, 0.1) is 5.41 Å². The fraction of sp³-hybridized carbons (Fsp3) is 0.647. The molecule has 0 bridgehead atoms. The van der Waals surface area contributed by atoms with E-state index in [0.717, 1.165) is 0 Å². The average molecular weight is 230 g/mol. The van der Waals surface area contributed by atoms with E-state index in [1.54, 1.807) is 0 Å². The molecule has 0 spiro atoms. The molecule has 0 nitrogen and oxygen atoms in total. The summed E-state index contributed by atoms with van der Waals surface area (Å²) < 4.78 is 0. The molecule has 0 aliphatic heterocycles. The van der Waals surface area contributed by atoms with Gasteiger partial charge in [-0.25, -0.2) is 0 Å². The number of hydrogen-bond acceptors (Lipinski definition) is 0. The highest BCUT2D eigenvalue weighted by atomic mass is 14.3. The fourth-order valence-electron chi connectivity index (χ4n) is 3.20. The Hall–Kier alpha value is -0.780.